The Hall–Kier alpha value is -4.64. The normalized spacial score (nSPS) is 20.1. The first-order chi connectivity index (χ1) is 27.1. The fraction of sp³-hybridized carbons (Fsp3) is 0.451. The van der Waals surface area contributed by atoms with Crippen LogP contribution in [0.4, 0.5) is 0 Å². The van der Waals surface area contributed by atoms with E-state index in [9.17, 15) is 0 Å². The predicted octanol–water partition coefficient (Wildman–Crippen LogP) is 14.3. The van der Waals surface area contributed by atoms with Gasteiger partial charge in [0.25, 0.3) is 0 Å². The number of hydrogen-bond acceptors (Lipinski definition) is 3. The highest BCUT2D eigenvalue weighted by Gasteiger charge is 2.38. The van der Waals surface area contributed by atoms with E-state index < -0.39 is 0 Å². The van der Waals surface area contributed by atoms with Gasteiger partial charge in [0.1, 0.15) is 17.3 Å². The molecule has 2 atom stereocenters. The molecule has 3 aliphatic carbocycles. The molecule has 2 saturated carbocycles. The molecule has 3 heterocycles. The highest BCUT2D eigenvalue weighted by Crippen LogP contribution is 2.50. The van der Waals surface area contributed by atoms with Crippen LogP contribution in [0.25, 0.3) is 33.3 Å². The molecule has 0 radical (unpaired) electrons. The largest absolute Gasteiger partial charge is 0.457 e. The standard InChI is InChI=1S/C51H60N4O/c1-33-26-27-52-46(28-33)54-44-23-14-13-22-42(44)43-25-24-40(32-45(43)54)56-41-30-38(51(4,5)6)29-39(31-41)55-50(37-20-11-8-12-21-37)48(47-34(2)16-15-17-35(47)3)49(53-55)36-18-9-7-10-19-36/h13-14,16,22-32,35-37,47H,7-12,15,17-21H2,1-6H3/t35-,47?/m0/s1. The van der Waals surface area contributed by atoms with Crippen molar-refractivity contribution in [3.63, 3.8) is 0 Å². The molecular weight excluding hydrogens is 685 g/mol. The van der Waals surface area contributed by atoms with E-state index in [0.29, 0.717) is 23.7 Å². The summed E-state index contributed by atoms with van der Waals surface area (Å²) in [6, 6.07) is 26.3. The second-order valence-corrected chi connectivity index (χ2v) is 18.5. The van der Waals surface area contributed by atoms with E-state index in [0.717, 1.165) is 34.0 Å². The highest BCUT2D eigenvalue weighted by atomic mass is 16.5. The van der Waals surface area contributed by atoms with Gasteiger partial charge < -0.3 is 4.74 Å². The summed E-state index contributed by atoms with van der Waals surface area (Å²) in [4.78, 5) is 4.82. The number of para-hydroxylation sites is 1. The lowest BCUT2D eigenvalue weighted by Crippen LogP contribution is -2.21. The smallest absolute Gasteiger partial charge is 0.137 e. The summed E-state index contributed by atoms with van der Waals surface area (Å²) < 4.78 is 11.7. The fourth-order valence-electron chi connectivity index (χ4n) is 10.5. The van der Waals surface area contributed by atoms with Crippen LogP contribution in [-0.4, -0.2) is 19.3 Å². The van der Waals surface area contributed by atoms with Gasteiger partial charge in [0.15, 0.2) is 0 Å². The molecule has 5 heteroatoms. The van der Waals surface area contributed by atoms with E-state index in [4.69, 9.17) is 14.8 Å². The molecule has 3 aromatic heterocycles. The lowest BCUT2D eigenvalue weighted by molar-refractivity contribution is 0.406. The molecule has 0 saturated heterocycles. The summed E-state index contributed by atoms with van der Waals surface area (Å²) in [6.07, 6.45) is 19.8. The van der Waals surface area contributed by atoms with Crippen molar-refractivity contribution in [3.8, 4) is 23.0 Å². The van der Waals surface area contributed by atoms with Crippen LogP contribution in [0.5, 0.6) is 11.5 Å². The van der Waals surface area contributed by atoms with Gasteiger partial charge in [-0.25, -0.2) is 9.67 Å². The topological polar surface area (TPSA) is 44.9 Å². The van der Waals surface area contributed by atoms with Crippen LogP contribution in [0.1, 0.15) is 158 Å². The number of aromatic nitrogens is 4. The van der Waals surface area contributed by atoms with Crippen molar-refractivity contribution in [2.45, 2.75) is 142 Å². The molecular formula is C51H60N4O. The molecule has 56 heavy (non-hydrogen) atoms. The third-order valence-corrected chi connectivity index (χ3v) is 13.4. The van der Waals surface area contributed by atoms with Crippen molar-refractivity contribution in [2.24, 2.45) is 5.92 Å². The zero-order valence-corrected chi connectivity index (χ0v) is 34.6. The molecule has 0 bridgehead atoms. The Balaban J connectivity index is 1.21. The Morgan fingerprint density at radius 2 is 1.45 bits per heavy atom. The van der Waals surface area contributed by atoms with Gasteiger partial charge in [0.2, 0.25) is 0 Å². The zero-order valence-electron chi connectivity index (χ0n) is 34.6. The van der Waals surface area contributed by atoms with E-state index in [-0.39, 0.29) is 5.41 Å². The van der Waals surface area contributed by atoms with Gasteiger partial charge in [-0.1, -0.05) is 96.1 Å². The molecule has 6 aromatic rings. The number of nitrogens with zero attached hydrogens (tertiary/aromatic N) is 4. The number of rotatable bonds is 7. The Morgan fingerprint density at radius 1 is 0.714 bits per heavy atom. The van der Waals surface area contributed by atoms with Crippen molar-refractivity contribution in [3.05, 3.63) is 119 Å². The van der Waals surface area contributed by atoms with E-state index >= 15 is 0 Å². The van der Waals surface area contributed by atoms with Crippen LogP contribution >= 0.6 is 0 Å². The molecule has 290 valence electrons. The molecule has 3 aliphatic rings. The van der Waals surface area contributed by atoms with Crippen molar-refractivity contribution in [1.82, 2.24) is 19.3 Å². The summed E-state index contributed by atoms with van der Waals surface area (Å²) in [5, 5.41) is 8.24. The molecule has 0 spiro atoms. The number of aryl methyl sites for hydroxylation is 1. The van der Waals surface area contributed by atoms with Crippen LogP contribution in [0.3, 0.4) is 0 Å². The first kappa shape index (κ1) is 37.0. The second-order valence-electron chi connectivity index (χ2n) is 18.5. The number of ether oxygens (including phenoxy) is 1. The van der Waals surface area contributed by atoms with Gasteiger partial charge in [-0.2, -0.15) is 5.10 Å². The lowest BCUT2D eigenvalue weighted by Gasteiger charge is -2.34. The van der Waals surface area contributed by atoms with Crippen LogP contribution in [0.2, 0.25) is 0 Å². The first-order valence-electron chi connectivity index (χ1n) is 21.7. The third-order valence-electron chi connectivity index (χ3n) is 13.4. The molecule has 2 fully saturated rings. The molecule has 0 aliphatic heterocycles. The number of fused-ring (bicyclic) bond motifs is 3. The van der Waals surface area contributed by atoms with Gasteiger partial charge in [-0.3, -0.25) is 4.57 Å². The average Bonchev–Trinajstić information content (AvgIpc) is 3.74. The molecule has 5 nitrogen and oxygen atoms in total. The van der Waals surface area contributed by atoms with Crippen molar-refractivity contribution < 1.29 is 4.74 Å². The van der Waals surface area contributed by atoms with Crippen molar-refractivity contribution in [1.29, 1.82) is 0 Å². The Bertz CT molecular complexity index is 2410. The van der Waals surface area contributed by atoms with Crippen LogP contribution in [-0.2, 0) is 5.41 Å². The summed E-state index contributed by atoms with van der Waals surface area (Å²) in [6.45, 7) is 14.0. The van der Waals surface area contributed by atoms with Crippen LogP contribution in [0, 0.1) is 12.8 Å². The Kier molecular flexibility index (Phi) is 9.92. The maximum absolute atomic E-state index is 7.00. The second kappa shape index (κ2) is 15.0. The maximum Gasteiger partial charge on any atom is 0.137 e. The molecule has 0 N–H and O–H groups in total. The number of hydrogen-bond donors (Lipinski definition) is 0. The minimum atomic E-state index is -0.0776. The molecule has 9 rings (SSSR count). The van der Waals surface area contributed by atoms with Crippen LogP contribution in [0.15, 0.2) is 90.6 Å². The van der Waals surface area contributed by atoms with Crippen molar-refractivity contribution >= 4 is 21.8 Å². The van der Waals surface area contributed by atoms with E-state index in [1.54, 1.807) is 11.1 Å². The van der Waals surface area contributed by atoms with Gasteiger partial charge in [-0.15, -0.1) is 0 Å². The van der Waals surface area contributed by atoms with Crippen molar-refractivity contribution in [2.75, 3.05) is 0 Å². The maximum atomic E-state index is 7.00. The van der Waals surface area contributed by atoms with Gasteiger partial charge in [0, 0.05) is 52.4 Å². The Morgan fingerprint density at radius 3 is 2.18 bits per heavy atom. The highest BCUT2D eigenvalue weighted by molar-refractivity contribution is 6.09. The SMILES string of the molecule is CC1=CCC[C@H](C)C1c1c(C2CCCCC2)nn(-c2cc(Oc3ccc4c5ccccc5n(-c5cc(C)ccn5)c4c3)cc(C(C)(C)C)c2)c1C1CCCCC1. The van der Waals surface area contributed by atoms with Gasteiger partial charge in [0.05, 0.1) is 28.1 Å². The molecule has 1 unspecified atom stereocenters. The summed E-state index contributed by atoms with van der Waals surface area (Å²) >= 11 is 0. The average molecular weight is 745 g/mol. The summed E-state index contributed by atoms with van der Waals surface area (Å²) in [7, 11) is 0. The predicted molar refractivity (Wildman–Crippen MR) is 232 cm³/mol. The lowest BCUT2D eigenvalue weighted by atomic mass is 9.71. The summed E-state index contributed by atoms with van der Waals surface area (Å²) in [5.41, 5.74) is 11.8. The number of benzene rings is 3. The number of allylic oxidation sites excluding steroid dienone is 2. The third kappa shape index (κ3) is 6.90. The molecule has 0 amide bonds. The summed E-state index contributed by atoms with van der Waals surface area (Å²) in [5.74, 6) is 4.70. The number of pyridine rings is 1. The van der Waals surface area contributed by atoms with Gasteiger partial charge >= 0.3 is 0 Å². The van der Waals surface area contributed by atoms with E-state index in [1.807, 2.05) is 6.20 Å². The Labute approximate surface area is 334 Å². The minimum absolute atomic E-state index is 0.0776. The van der Waals surface area contributed by atoms with Crippen LogP contribution < -0.4 is 4.74 Å². The van der Waals surface area contributed by atoms with Gasteiger partial charge in [-0.05, 0) is 117 Å². The first-order valence-corrected chi connectivity index (χ1v) is 21.7. The quantitative estimate of drug-likeness (QED) is 0.153. The monoisotopic (exact) mass is 744 g/mol. The minimum Gasteiger partial charge on any atom is -0.457 e. The van der Waals surface area contributed by atoms with E-state index in [1.165, 1.54) is 110 Å². The molecule has 3 aromatic carbocycles. The van der Waals surface area contributed by atoms with E-state index in [2.05, 4.69) is 130 Å². The fourth-order valence-corrected chi connectivity index (χ4v) is 10.5. The zero-order chi connectivity index (χ0) is 38.6.